The van der Waals surface area contributed by atoms with Gasteiger partial charge in [0.1, 0.15) is 0 Å². The molecular weight excluding hydrogens is 231 g/mol. The van der Waals surface area contributed by atoms with E-state index in [4.69, 9.17) is 5.11 Å². The van der Waals surface area contributed by atoms with Crippen molar-refractivity contribution in [3.8, 4) is 0 Å². The SMILES string of the molecule is CCCCCCCCN(CCO)CC(F)(F)F. The number of nitrogens with zero attached hydrogens (tertiary/aromatic N) is 1. The third kappa shape index (κ3) is 12.0. The summed E-state index contributed by atoms with van der Waals surface area (Å²) in [6.07, 6.45) is 2.20. The first kappa shape index (κ1) is 16.7. The van der Waals surface area contributed by atoms with Crippen molar-refractivity contribution in [2.75, 3.05) is 26.2 Å². The minimum absolute atomic E-state index is 0.106. The molecule has 0 aromatic rings. The maximum atomic E-state index is 12.2. The standard InChI is InChI=1S/C12H24F3NO/c1-2-3-4-5-6-7-8-16(9-10-17)11-12(13,14)15/h17H,2-11H2,1H3. The average molecular weight is 255 g/mol. The largest absolute Gasteiger partial charge is 0.401 e. The Bertz CT molecular complexity index is 174. The van der Waals surface area contributed by atoms with Gasteiger partial charge in [-0.05, 0) is 13.0 Å². The van der Waals surface area contributed by atoms with E-state index in [9.17, 15) is 13.2 Å². The van der Waals surface area contributed by atoms with Crippen LogP contribution in [-0.2, 0) is 0 Å². The van der Waals surface area contributed by atoms with Crippen LogP contribution in [0.4, 0.5) is 13.2 Å². The Balaban J connectivity index is 3.63. The minimum Gasteiger partial charge on any atom is -0.395 e. The smallest absolute Gasteiger partial charge is 0.395 e. The molecule has 0 spiro atoms. The van der Waals surface area contributed by atoms with Gasteiger partial charge in [0.25, 0.3) is 0 Å². The summed E-state index contributed by atoms with van der Waals surface area (Å²) in [6.45, 7) is 1.53. The molecule has 0 bridgehead atoms. The fourth-order valence-electron chi connectivity index (χ4n) is 1.78. The van der Waals surface area contributed by atoms with E-state index in [1.54, 1.807) is 0 Å². The molecule has 0 saturated carbocycles. The molecule has 0 radical (unpaired) electrons. The molecule has 0 heterocycles. The second-order valence-electron chi connectivity index (χ2n) is 4.38. The first-order valence-corrected chi connectivity index (χ1v) is 6.39. The van der Waals surface area contributed by atoms with Crippen molar-refractivity contribution >= 4 is 0 Å². The van der Waals surface area contributed by atoms with E-state index < -0.39 is 12.7 Å². The summed E-state index contributed by atoms with van der Waals surface area (Å²) in [6, 6.07) is 0. The molecule has 5 heteroatoms. The van der Waals surface area contributed by atoms with Crippen LogP contribution in [0, 0.1) is 0 Å². The number of alkyl halides is 3. The number of rotatable bonds is 10. The van der Waals surface area contributed by atoms with Crippen LogP contribution in [0.2, 0.25) is 0 Å². The lowest BCUT2D eigenvalue weighted by molar-refractivity contribution is -0.146. The summed E-state index contributed by atoms with van der Waals surface area (Å²) in [7, 11) is 0. The third-order valence-electron chi connectivity index (χ3n) is 2.65. The van der Waals surface area contributed by atoms with E-state index in [1.165, 1.54) is 17.7 Å². The number of aliphatic hydroxyl groups is 1. The van der Waals surface area contributed by atoms with Gasteiger partial charge in [-0.15, -0.1) is 0 Å². The van der Waals surface area contributed by atoms with E-state index in [2.05, 4.69) is 6.92 Å². The lowest BCUT2D eigenvalue weighted by Crippen LogP contribution is -2.36. The van der Waals surface area contributed by atoms with Crippen LogP contribution in [0.3, 0.4) is 0 Å². The van der Waals surface area contributed by atoms with Gasteiger partial charge in [0.15, 0.2) is 0 Å². The Morgan fingerprint density at radius 2 is 1.53 bits per heavy atom. The van der Waals surface area contributed by atoms with Gasteiger partial charge in [-0.1, -0.05) is 39.0 Å². The summed E-state index contributed by atoms with van der Waals surface area (Å²) >= 11 is 0. The van der Waals surface area contributed by atoms with Crippen molar-refractivity contribution in [1.82, 2.24) is 4.90 Å². The van der Waals surface area contributed by atoms with Gasteiger partial charge in [-0.3, -0.25) is 4.90 Å². The second kappa shape index (κ2) is 9.71. The van der Waals surface area contributed by atoms with Crippen molar-refractivity contribution in [2.24, 2.45) is 0 Å². The topological polar surface area (TPSA) is 23.5 Å². The van der Waals surface area contributed by atoms with Gasteiger partial charge >= 0.3 is 6.18 Å². The molecule has 0 saturated heterocycles. The lowest BCUT2D eigenvalue weighted by atomic mass is 10.1. The minimum atomic E-state index is -4.17. The van der Waals surface area contributed by atoms with Gasteiger partial charge in [0, 0.05) is 6.54 Å². The van der Waals surface area contributed by atoms with Crippen LogP contribution in [-0.4, -0.2) is 42.4 Å². The maximum absolute atomic E-state index is 12.2. The summed E-state index contributed by atoms with van der Waals surface area (Å²) in [5.74, 6) is 0. The van der Waals surface area contributed by atoms with E-state index in [0.29, 0.717) is 6.54 Å². The summed E-state index contributed by atoms with van der Waals surface area (Å²) in [4.78, 5) is 1.28. The van der Waals surface area contributed by atoms with Gasteiger partial charge in [0.05, 0.1) is 13.2 Å². The highest BCUT2D eigenvalue weighted by Gasteiger charge is 2.30. The van der Waals surface area contributed by atoms with Crippen LogP contribution < -0.4 is 0 Å². The molecule has 104 valence electrons. The third-order valence-corrected chi connectivity index (χ3v) is 2.65. The van der Waals surface area contributed by atoms with Crippen molar-refractivity contribution in [1.29, 1.82) is 0 Å². The van der Waals surface area contributed by atoms with Crippen LogP contribution in [0.5, 0.6) is 0 Å². The highest BCUT2D eigenvalue weighted by molar-refractivity contribution is 4.63. The molecule has 17 heavy (non-hydrogen) atoms. The zero-order chi connectivity index (χ0) is 13.1. The van der Waals surface area contributed by atoms with Crippen LogP contribution in [0.1, 0.15) is 45.4 Å². The summed E-state index contributed by atoms with van der Waals surface area (Å²) < 4.78 is 36.5. The molecule has 0 unspecified atom stereocenters. The molecule has 0 aliphatic heterocycles. The van der Waals surface area contributed by atoms with Crippen molar-refractivity contribution < 1.29 is 18.3 Å². The molecule has 0 fully saturated rings. The Hall–Kier alpha value is -0.290. The number of aliphatic hydroxyl groups excluding tert-OH is 1. The van der Waals surface area contributed by atoms with Gasteiger partial charge in [-0.25, -0.2) is 0 Å². The van der Waals surface area contributed by atoms with Crippen LogP contribution in [0.25, 0.3) is 0 Å². The van der Waals surface area contributed by atoms with E-state index in [-0.39, 0.29) is 13.2 Å². The zero-order valence-corrected chi connectivity index (χ0v) is 10.6. The molecule has 0 aromatic heterocycles. The van der Waals surface area contributed by atoms with Crippen LogP contribution >= 0.6 is 0 Å². The number of hydrogen-bond donors (Lipinski definition) is 1. The first-order chi connectivity index (χ1) is 7.99. The molecule has 0 aromatic carbocycles. The Labute approximate surface area is 102 Å². The molecular formula is C12H24F3NO. The highest BCUT2D eigenvalue weighted by Crippen LogP contribution is 2.16. The van der Waals surface area contributed by atoms with Gasteiger partial charge in [-0.2, -0.15) is 13.2 Å². The van der Waals surface area contributed by atoms with Crippen LogP contribution in [0.15, 0.2) is 0 Å². The van der Waals surface area contributed by atoms with Crippen molar-refractivity contribution in [3.05, 3.63) is 0 Å². The number of hydrogen-bond acceptors (Lipinski definition) is 2. The Kier molecular flexibility index (Phi) is 9.55. The quantitative estimate of drug-likeness (QED) is 0.606. The van der Waals surface area contributed by atoms with E-state index in [0.717, 1.165) is 25.7 Å². The second-order valence-corrected chi connectivity index (χ2v) is 4.38. The first-order valence-electron chi connectivity index (χ1n) is 6.39. The summed E-state index contributed by atoms with van der Waals surface area (Å²) in [5, 5.41) is 8.70. The average Bonchev–Trinajstić information content (AvgIpc) is 2.21. The lowest BCUT2D eigenvalue weighted by Gasteiger charge is -2.22. The highest BCUT2D eigenvalue weighted by atomic mass is 19.4. The Morgan fingerprint density at radius 3 is 2.06 bits per heavy atom. The van der Waals surface area contributed by atoms with E-state index >= 15 is 0 Å². The van der Waals surface area contributed by atoms with Crippen molar-refractivity contribution in [2.45, 2.75) is 51.6 Å². The Morgan fingerprint density at radius 1 is 0.941 bits per heavy atom. The number of halogens is 3. The number of unbranched alkanes of at least 4 members (excludes halogenated alkanes) is 5. The fourth-order valence-corrected chi connectivity index (χ4v) is 1.78. The van der Waals surface area contributed by atoms with Gasteiger partial charge in [0.2, 0.25) is 0 Å². The zero-order valence-electron chi connectivity index (χ0n) is 10.6. The molecule has 2 nitrogen and oxygen atoms in total. The summed E-state index contributed by atoms with van der Waals surface area (Å²) in [5.41, 5.74) is 0. The normalized spacial score (nSPS) is 12.4. The molecule has 0 rings (SSSR count). The molecule has 0 atom stereocenters. The van der Waals surface area contributed by atoms with E-state index in [1.807, 2.05) is 0 Å². The monoisotopic (exact) mass is 255 g/mol. The molecule has 1 N–H and O–H groups in total. The molecule has 0 aliphatic carbocycles. The molecule has 0 amide bonds. The predicted octanol–water partition coefficient (Wildman–Crippen LogP) is 3.20. The van der Waals surface area contributed by atoms with Crippen molar-refractivity contribution in [3.63, 3.8) is 0 Å². The molecule has 0 aliphatic rings. The van der Waals surface area contributed by atoms with Gasteiger partial charge < -0.3 is 5.11 Å². The maximum Gasteiger partial charge on any atom is 0.401 e. The predicted molar refractivity (Wildman–Crippen MR) is 63.0 cm³/mol. The fraction of sp³-hybridized carbons (Fsp3) is 1.00.